The third kappa shape index (κ3) is 5.14. The number of hydrogen-bond donors (Lipinski definition) is 2. The monoisotopic (exact) mass is 478 g/mol. The largest absolute Gasteiger partial charge is 0.450 e. The second kappa shape index (κ2) is 9.96. The van der Waals surface area contributed by atoms with E-state index in [9.17, 15) is 23.2 Å². The Morgan fingerprint density at radius 3 is 2.50 bits per heavy atom. The summed E-state index contributed by atoms with van der Waals surface area (Å²) in [5.41, 5.74) is 2.09. The molecule has 34 heavy (non-hydrogen) atoms. The molecular weight excluding hydrogens is 450 g/mol. The van der Waals surface area contributed by atoms with E-state index in [0.717, 1.165) is 12.1 Å². The highest BCUT2D eigenvalue weighted by molar-refractivity contribution is 5.95. The zero-order chi connectivity index (χ0) is 24.3. The molecule has 4 rings (SSSR count). The number of hydroxylamine groups is 1. The Kier molecular flexibility index (Phi) is 7.01. The number of piperidine rings is 2. The standard InChI is InChI=1S/C23H28F2N4O5/c1-2-33-22(32)29-9-5-16(6-10-29)26-20(30)19-14-23(34-27-19)7-11-28(12-8-23)21(31)17-4-3-15(24)13-18(17)25/h3-4,13-14,16,27H,2,5-12H2,1H3,(H,26,30). The number of ether oxygens (including phenoxy) is 1. The Bertz CT molecular complexity index is 986. The molecule has 184 valence electrons. The second-order valence-electron chi connectivity index (χ2n) is 8.68. The maximum Gasteiger partial charge on any atom is 0.409 e. The van der Waals surface area contributed by atoms with E-state index >= 15 is 0 Å². The summed E-state index contributed by atoms with van der Waals surface area (Å²) in [5, 5.41) is 2.97. The van der Waals surface area contributed by atoms with Crippen molar-refractivity contribution in [3.05, 3.63) is 47.2 Å². The molecule has 2 N–H and O–H groups in total. The zero-order valence-electron chi connectivity index (χ0n) is 18.9. The third-order valence-electron chi connectivity index (χ3n) is 6.43. The lowest BCUT2D eigenvalue weighted by molar-refractivity contribution is -0.121. The van der Waals surface area contributed by atoms with Crippen molar-refractivity contribution < 1.29 is 32.7 Å². The minimum Gasteiger partial charge on any atom is -0.450 e. The molecule has 0 saturated carbocycles. The van der Waals surface area contributed by atoms with Crippen molar-refractivity contribution in [2.45, 2.75) is 44.2 Å². The first-order valence-electron chi connectivity index (χ1n) is 11.4. The number of rotatable bonds is 4. The van der Waals surface area contributed by atoms with Gasteiger partial charge in [0.2, 0.25) is 0 Å². The average molecular weight is 478 g/mol. The number of likely N-dealkylation sites (tertiary alicyclic amines) is 2. The topological polar surface area (TPSA) is 100 Å². The molecule has 0 radical (unpaired) electrons. The van der Waals surface area contributed by atoms with Gasteiger partial charge in [0.15, 0.2) is 0 Å². The molecule has 0 bridgehead atoms. The number of amides is 3. The maximum atomic E-state index is 14.0. The second-order valence-corrected chi connectivity index (χ2v) is 8.68. The van der Waals surface area contributed by atoms with Crippen molar-refractivity contribution in [1.29, 1.82) is 0 Å². The van der Waals surface area contributed by atoms with Gasteiger partial charge in [0.1, 0.15) is 22.9 Å². The fourth-order valence-electron chi connectivity index (χ4n) is 4.44. The van der Waals surface area contributed by atoms with Crippen LogP contribution in [0.15, 0.2) is 30.0 Å². The first kappa shape index (κ1) is 23.9. The van der Waals surface area contributed by atoms with Crippen LogP contribution < -0.4 is 10.8 Å². The molecule has 3 aliphatic rings. The lowest BCUT2D eigenvalue weighted by Gasteiger charge is -2.36. The summed E-state index contributed by atoms with van der Waals surface area (Å²) in [7, 11) is 0. The van der Waals surface area contributed by atoms with Crippen LogP contribution in [0.25, 0.3) is 0 Å². The van der Waals surface area contributed by atoms with Gasteiger partial charge in [-0.15, -0.1) is 0 Å². The van der Waals surface area contributed by atoms with Crippen molar-refractivity contribution in [2.75, 3.05) is 32.8 Å². The summed E-state index contributed by atoms with van der Waals surface area (Å²) in [4.78, 5) is 46.0. The molecule has 3 heterocycles. The maximum absolute atomic E-state index is 14.0. The van der Waals surface area contributed by atoms with Crippen LogP contribution in [0.4, 0.5) is 13.6 Å². The lowest BCUT2D eigenvalue weighted by Crippen LogP contribution is -2.47. The molecule has 3 amide bonds. The SMILES string of the molecule is CCOC(=O)N1CCC(NC(=O)C2=CC3(CCN(C(=O)c4ccc(F)cc4F)CC3)ON2)CC1. The van der Waals surface area contributed by atoms with E-state index in [1.54, 1.807) is 17.9 Å². The van der Waals surface area contributed by atoms with Gasteiger partial charge in [-0.05, 0) is 38.0 Å². The van der Waals surface area contributed by atoms with Gasteiger partial charge in [0, 0.05) is 51.1 Å². The molecule has 2 fully saturated rings. The van der Waals surface area contributed by atoms with E-state index in [4.69, 9.17) is 9.57 Å². The van der Waals surface area contributed by atoms with Gasteiger partial charge in [-0.3, -0.25) is 19.9 Å². The molecule has 2 saturated heterocycles. The van der Waals surface area contributed by atoms with Crippen molar-refractivity contribution in [3.8, 4) is 0 Å². The van der Waals surface area contributed by atoms with Crippen molar-refractivity contribution in [3.63, 3.8) is 0 Å². The van der Waals surface area contributed by atoms with E-state index in [-0.39, 0.29) is 23.6 Å². The van der Waals surface area contributed by atoms with Crippen molar-refractivity contribution >= 4 is 17.9 Å². The average Bonchev–Trinajstić information content (AvgIpc) is 3.23. The molecule has 0 aromatic heterocycles. The van der Waals surface area contributed by atoms with Crippen LogP contribution in [0.2, 0.25) is 0 Å². The van der Waals surface area contributed by atoms with Gasteiger partial charge < -0.3 is 19.9 Å². The van der Waals surface area contributed by atoms with Gasteiger partial charge in [0.05, 0.1) is 12.2 Å². The minimum atomic E-state index is -0.893. The highest BCUT2D eigenvalue weighted by atomic mass is 19.1. The van der Waals surface area contributed by atoms with Crippen LogP contribution in [-0.2, 0) is 14.4 Å². The predicted molar refractivity (Wildman–Crippen MR) is 116 cm³/mol. The molecule has 11 heteroatoms. The van der Waals surface area contributed by atoms with Crippen molar-refractivity contribution in [2.24, 2.45) is 0 Å². The summed E-state index contributed by atoms with van der Waals surface area (Å²) in [6, 6.07) is 2.82. The first-order chi connectivity index (χ1) is 16.3. The first-order valence-corrected chi connectivity index (χ1v) is 11.4. The Hall–Kier alpha value is -3.21. The number of carbonyl (C=O) groups excluding carboxylic acids is 3. The van der Waals surface area contributed by atoms with Gasteiger partial charge in [-0.2, -0.15) is 0 Å². The van der Waals surface area contributed by atoms with Gasteiger partial charge in [0.25, 0.3) is 11.8 Å². The minimum absolute atomic E-state index is 0.0671. The van der Waals surface area contributed by atoms with E-state index in [2.05, 4.69) is 10.8 Å². The highest BCUT2D eigenvalue weighted by Gasteiger charge is 2.41. The van der Waals surface area contributed by atoms with Crippen LogP contribution in [0.5, 0.6) is 0 Å². The van der Waals surface area contributed by atoms with Gasteiger partial charge in [-0.1, -0.05) is 0 Å². The molecule has 0 aliphatic carbocycles. The third-order valence-corrected chi connectivity index (χ3v) is 6.43. The van der Waals surface area contributed by atoms with Crippen LogP contribution >= 0.6 is 0 Å². The number of nitrogens with zero attached hydrogens (tertiary/aromatic N) is 2. The van der Waals surface area contributed by atoms with E-state index < -0.39 is 23.1 Å². The molecule has 1 aromatic carbocycles. The molecule has 3 aliphatic heterocycles. The number of benzene rings is 1. The Morgan fingerprint density at radius 2 is 1.85 bits per heavy atom. The number of carbonyl (C=O) groups is 3. The fraction of sp³-hybridized carbons (Fsp3) is 0.522. The Labute approximate surface area is 196 Å². The quantitative estimate of drug-likeness (QED) is 0.688. The van der Waals surface area contributed by atoms with E-state index in [1.807, 2.05) is 0 Å². The summed E-state index contributed by atoms with van der Waals surface area (Å²) in [6.45, 7) is 3.70. The Balaban J connectivity index is 1.28. The van der Waals surface area contributed by atoms with Crippen LogP contribution in [0.3, 0.4) is 0 Å². The smallest absolute Gasteiger partial charge is 0.409 e. The summed E-state index contributed by atoms with van der Waals surface area (Å²) in [5.74, 6) is -2.43. The zero-order valence-corrected chi connectivity index (χ0v) is 18.9. The Morgan fingerprint density at radius 1 is 1.15 bits per heavy atom. The van der Waals surface area contributed by atoms with Crippen LogP contribution in [0, 0.1) is 11.6 Å². The molecular formula is C23H28F2N4O5. The van der Waals surface area contributed by atoms with Crippen LogP contribution in [0.1, 0.15) is 43.0 Å². The lowest BCUT2D eigenvalue weighted by atomic mass is 9.90. The van der Waals surface area contributed by atoms with Crippen LogP contribution in [-0.4, -0.2) is 72.1 Å². The molecule has 0 atom stereocenters. The fourth-order valence-corrected chi connectivity index (χ4v) is 4.44. The van der Waals surface area contributed by atoms with Gasteiger partial charge >= 0.3 is 6.09 Å². The molecule has 1 spiro atoms. The van der Waals surface area contributed by atoms with Gasteiger partial charge in [-0.25, -0.2) is 13.6 Å². The van der Waals surface area contributed by atoms with E-state index in [1.165, 1.54) is 4.90 Å². The van der Waals surface area contributed by atoms with E-state index in [0.29, 0.717) is 70.2 Å². The molecule has 1 aromatic rings. The highest BCUT2D eigenvalue weighted by Crippen LogP contribution is 2.32. The summed E-state index contributed by atoms with van der Waals surface area (Å²) in [6.07, 6.45) is 3.49. The summed E-state index contributed by atoms with van der Waals surface area (Å²) < 4.78 is 32.1. The number of halogens is 2. The normalized spacial score (nSPS) is 20.0. The number of nitrogens with one attached hydrogen (secondary N) is 2. The molecule has 0 unspecified atom stereocenters. The molecule has 9 nitrogen and oxygen atoms in total. The van der Waals surface area contributed by atoms with Crippen molar-refractivity contribution in [1.82, 2.24) is 20.6 Å². The summed E-state index contributed by atoms with van der Waals surface area (Å²) >= 11 is 0. The number of hydrogen-bond acceptors (Lipinski definition) is 6. The predicted octanol–water partition coefficient (Wildman–Crippen LogP) is 2.10.